The molecule has 3 atom stereocenters. The van der Waals surface area contributed by atoms with Crippen LogP contribution in [-0.2, 0) is 4.79 Å². The molecule has 2 aromatic carbocycles. The van der Waals surface area contributed by atoms with Gasteiger partial charge in [-0.3, -0.25) is 4.79 Å². The van der Waals surface area contributed by atoms with Crippen molar-refractivity contribution in [2.24, 2.45) is 0 Å². The molecule has 0 radical (unpaired) electrons. The van der Waals surface area contributed by atoms with Gasteiger partial charge in [0.25, 0.3) is 0 Å². The third kappa shape index (κ3) is 3.75. The van der Waals surface area contributed by atoms with Crippen LogP contribution in [0.1, 0.15) is 37.2 Å². The highest BCUT2D eigenvalue weighted by Gasteiger charge is 2.54. The Bertz CT molecular complexity index is 988. The summed E-state index contributed by atoms with van der Waals surface area (Å²) in [4.78, 5) is 28.9. The van der Waals surface area contributed by atoms with Gasteiger partial charge >= 0.3 is 6.03 Å². The number of hydrogen-bond acceptors (Lipinski definition) is 3. The van der Waals surface area contributed by atoms with E-state index in [4.69, 9.17) is 0 Å². The average Bonchev–Trinajstić information content (AvgIpc) is 3.29. The van der Waals surface area contributed by atoms with Gasteiger partial charge in [-0.1, -0.05) is 49.2 Å². The molecule has 1 saturated carbocycles. The number of urea groups is 1. The number of aliphatic hydroxyl groups excluding tert-OH is 1. The summed E-state index contributed by atoms with van der Waals surface area (Å²) in [5.74, 6) is -0.413. The fourth-order valence-electron chi connectivity index (χ4n) is 5.53. The summed E-state index contributed by atoms with van der Waals surface area (Å²) in [6.07, 6.45) is 4.26. The monoisotopic (exact) mass is 437 g/mol. The zero-order valence-corrected chi connectivity index (χ0v) is 17.9. The highest BCUT2D eigenvalue weighted by molar-refractivity contribution is 5.87. The van der Waals surface area contributed by atoms with Gasteiger partial charge in [0.05, 0.1) is 18.7 Å². The van der Waals surface area contributed by atoms with Gasteiger partial charge in [0, 0.05) is 18.5 Å². The first kappa shape index (κ1) is 20.9. The van der Waals surface area contributed by atoms with E-state index in [9.17, 15) is 19.1 Å². The lowest BCUT2D eigenvalue weighted by molar-refractivity contribution is -0.159. The van der Waals surface area contributed by atoms with Gasteiger partial charge < -0.3 is 20.2 Å². The van der Waals surface area contributed by atoms with E-state index in [1.54, 1.807) is 21.9 Å². The molecule has 168 valence electrons. The van der Waals surface area contributed by atoms with Gasteiger partial charge in [0.2, 0.25) is 5.91 Å². The molecule has 2 heterocycles. The number of benzene rings is 2. The average molecular weight is 438 g/mol. The number of nitrogens with zero attached hydrogens (tertiary/aromatic N) is 2. The molecule has 0 unspecified atom stereocenters. The van der Waals surface area contributed by atoms with Crippen molar-refractivity contribution in [1.82, 2.24) is 15.1 Å². The largest absolute Gasteiger partial charge is 0.394 e. The minimum atomic E-state index is -0.274. The highest BCUT2D eigenvalue weighted by atomic mass is 19.1. The van der Waals surface area contributed by atoms with E-state index >= 15 is 0 Å². The molecule has 1 aliphatic carbocycles. The van der Waals surface area contributed by atoms with Crippen molar-refractivity contribution >= 4 is 11.9 Å². The molecule has 3 amide bonds. The van der Waals surface area contributed by atoms with Gasteiger partial charge in [0.1, 0.15) is 12.4 Å². The van der Waals surface area contributed by atoms with Crippen molar-refractivity contribution in [2.75, 3.05) is 19.7 Å². The van der Waals surface area contributed by atoms with Crippen LogP contribution in [0.15, 0.2) is 48.5 Å². The van der Waals surface area contributed by atoms with Crippen molar-refractivity contribution in [2.45, 2.75) is 49.7 Å². The number of piperazine rings is 1. The molecule has 2 aromatic rings. The first-order chi connectivity index (χ1) is 15.5. The van der Waals surface area contributed by atoms with E-state index in [2.05, 4.69) is 5.32 Å². The summed E-state index contributed by atoms with van der Waals surface area (Å²) < 4.78 is 13.2. The molecule has 5 rings (SSSR count). The van der Waals surface area contributed by atoms with Gasteiger partial charge in [-0.2, -0.15) is 0 Å². The molecular formula is C25H28FN3O3. The van der Waals surface area contributed by atoms with E-state index < -0.39 is 0 Å². The van der Waals surface area contributed by atoms with Gasteiger partial charge in [-0.05, 0) is 41.7 Å². The number of halogens is 1. The van der Waals surface area contributed by atoms with Crippen LogP contribution in [0, 0.1) is 5.82 Å². The summed E-state index contributed by atoms with van der Waals surface area (Å²) in [6, 6.07) is 14.0. The molecule has 0 aromatic heterocycles. The Morgan fingerprint density at radius 2 is 1.66 bits per heavy atom. The summed E-state index contributed by atoms with van der Waals surface area (Å²) in [7, 11) is 0. The smallest absolute Gasteiger partial charge is 0.318 e. The summed E-state index contributed by atoms with van der Waals surface area (Å²) in [5.41, 5.74) is 2.93. The first-order valence-electron chi connectivity index (χ1n) is 11.4. The highest BCUT2D eigenvalue weighted by Crippen LogP contribution is 2.43. The lowest BCUT2D eigenvalue weighted by Gasteiger charge is -2.58. The lowest BCUT2D eigenvalue weighted by atomic mass is 9.73. The summed E-state index contributed by atoms with van der Waals surface area (Å²) >= 11 is 0. The van der Waals surface area contributed by atoms with Crippen LogP contribution >= 0.6 is 0 Å². The van der Waals surface area contributed by atoms with E-state index in [0.717, 1.165) is 42.4 Å². The Labute approximate surface area is 187 Å². The SMILES string of the molecule is O=C(NC1CCCC1)N1CC(=O)N2[C@H](CO)[C@H](c3ccc(-c4ccc(F)cc4)cc3)[C@@H]2C1. The van der Waals surface area contributed by atoms with Crippen LogP contribution in [0.4, 0.5) is 9.18 Å². The Morgan fingerprint density at radius 1 is 1.03 bits per heavy atom. The molecular weight excluding hydrogens is 409 g/mol. The van der Waals surface area contributed by atoms with Gasteiger partial charge in [-0.15, -0.1) is 0 Å². The number of hydrogen-bond donors (Lipinski definition) is 2. The minimum absolute atomic E-state index is 0.0340. The second-order valence-corrected chi connectivity index (χ2v) is 9.08. The fourth-order valence-corrected chi connectivity index (χ4v) is 5.53. The molecule has 7 heteroatoms. The molecule has 0 bridgehead atoms. The van der Waals surface area contributed by atoms with Crippen LogP contribution in [0.5, 0.6) is 0 Å². The maximum absolute atomic E-state index is 13.2. The molecule has 6 nitrogen and oxygen atoms in total. The van der Waals surface area contributed by atoms with Crippen molar-refractivity contribution in [3.8, 4) is 11.1 Å². The predicted molar refractivity (Wildman–Crippen MR) is 118 cm³/mol. The zero-order chi connectivity index (χ0) is 22.2. The number of nitrogens with one attached hydrogen (secondary N) is 1. The Morgan fingerprint density at radius 3 is 2.28 bits per heavy atom. The van der Waals surface area contributed by atoms with Gasteiger partial charge in [0.15, 0.2) is 0 Å². The Hall–Kier alpha value is -2.93. The Kier molecular flexibility index (Phi) is 5.59. The number of rotatable bonds is 4. The van der Waals surface area contributed by atoms with Gasteiger partial charge in [-0.25, -0.2) is 9.18 Å². The molecule has 3 aliphatic rings. The molecule has 32 heavy (non-hydrogen) atoms. The third-order valence-electron chi connectivity index (χ3n) is 7.20. The molecule has 2 saturated heterocycles. The number of carbonyl (C=O) groups excluding carboxylic acids is 2. The van der Waals surface area contributed by atoms with E-state index in [-0.39, 0.29) is 55.0 Å². The van der Waals surface area contributed by atoms with Crippen LogP contribution in [-0.4, -0.2) is 64.7 Å². The quantitative estimate of drug-likeness (QED) is 0.772. The maximum Gasteiger partial charge on any atom is 0.318 e. The van der Waals surface area contributed by atoms with Crippen LogP contribution in [0.25, 0.3) is 11.1 Å². The topological polar surface area (TPSA) is 72.9 Å². The predicted octanol–water partition coefficient (Wildman–Crippen LogP) is 3.12. The number of amides is 3. The van der Waals surface area contributed by atoms with Crippen molar-refractivity contribution < 1.29 is 19.1 Å². The zero-order valence-electron chi connectivity index (χ0n) is 17.9. The minimum Gasteiger partial charge on any atom is -0.394 e. The summed E-state index contributed by atoms with van der Waals surface area (Å²) in [5, 5.41) is 13.1. The molecule has 2 aliphatic heterocycles. The van der Waals surface area contributed by atoms with E-state index in [1.165, 1.54) is 12.1 Å². The Balaban J connectivity index is 1.32. The van der Waals surface area contributed by atoms with Crippen LogP contribution in [0.3, 0.4) is 0 Å². The normalized spacial score (nSPS) is 25.4. The van der Waals surface area contributed by atoms with Crippen LogP contribution in [0.2, 0.25) is 0 Å². The van der Waals surface area contributed by atoms with Crippen molar-refractivity contribution in [3.05, 3.63) is 59.9 Å². The van der Waals surface area contributed by atoms with E-state index in [0.29, 0.717) is 6.54 Å². The molecule has 2 N–H and O–H groups in total. The number of fused-ring (bicyclic) bond motifs is 1. The third-order valence-corrected chi connectivity index (χ3v) is 7.20. The fraction of sp³-hybridized carbons (Fsp3) is 0.440. The molecule has 0 spiro atoms. The maximum atomic E-state index is 13.2. The number of carbonyl (C=O) groups is 2. The second kappa shape index (κ2) is 8.54. The standard InChI is InChI=1S/C25H28FN3O3/c26-19-11-9-17(10-12-19)16-5-7-18(8-6-16)24-21-13-28(14-23(31)29(21)22(24)15-30)25(32)27-20-3-1-2-4-20/h5-12,20-22,24,30H,1-4,13-15H2,(H,27,32)/t21-,22+,24+/m0/s1. The molecule has 3 fully saturated rings. The lowest BCUT2D eigenvalue weighted by Crippen LogP contribution is -2.74. The van der Waals surface area contributed by atoms with E-state index in [1.807, 2.05) is 24.3 Å². The second-order valence-electron chi connectivity index (χ2n) is 9.08. The van der Waals surface area contributed by atoms with Crippen molar-refractivity contribution in [3.63, 3.8) is 0 Å². The first-order valence-corrected chi connectivity index (χ1v) is 11.4. The van der Waals surface area contributed by atoms with Crippen molar-refractivity contribution in [1.29, 1.82) is 0 Å². The summed E-state index contributed by atoms with van der Waals surface area (Å²) in [6.45, 7) is 0.411. The van der Waals surface area contributed by atoms with Crippen LogP contribution < -0.4 is 5.32 Å². The number of aliphatic hydroxyl groups is 1.